The summed E-state index contributed by atoms with van der Waals surface area (Å²) in [5, 5.41) is 0. The lowest BCUT2D eigenvalue weighted by Gasteiger charge is -2.33. The second-order valence-electron chi connectivity index (χ2n) is 8.16. The summed E-state index contributed by atoms with van der Waals surface area (Å²) < 4.78 is 5.38. The maximum Gasteiger partial charge on any atom is 0.257 e. The Bertz CT molecular complexity index is 1110. The van der Waals surface area contributed by atoms with Crippen LogP contribution in [0.5, 0.6) is 5.75 Å². The first-order valence-electron chi connectivity index (χ1n) is 10.7. The molecule has 6 nitrogen and oxygen atoms in total. The minimum absolute atomic E-state index is 0.00266. The molecule has 1 fully saturated rings. The van der Waals surface area contributed by atoms with Crippen LogP contribution in [-0.4, -0.2) is 46.0 Å². The van der Waals surface area contributed by atoms with Crippen LogP contribution in [0, 0.1) is 20.8 Å². The molecule has 0 unspecified atom stereocenters. The van der Waals surface area contributed by atoms with Gasteiger partial charge in [-0.3, -0.25) is 9.78 Å². The molecular formula is C25H28N4O2. The Labute approximate surface area is 183 Å². The second-order valence-corrected chi connectivity index (χ2v) is 8.16. The molecule has 6 heteroatoms. The molecule has 1 saturated heterocycles. The van der Waals surface area contributed by atoms with Crippen molar-refractivity contribution < 1.29 is 9.53 Å². The van der Waals surface area contributed by atoms with Crippen LogP contribution < -0.4 is 4.74 Å². The van der Waals surface area contributed by atoms with Crippen molar-refractivity contribution in [1.82, 2.24) is 19.9 Å². The van der Waals surface area contributed by atoms with Gasteiger partial charge in [0.25, 0.3) is 5.91 Å². The number of aryl methyl sites for hydroxylation is 3. The largest absolute Gasteiger partial charge is 0.497 e. The molecule has 0 radical (unpaired) electrons. The van der Waals surface area contributed by atoms with E-state index in [-0.39, 0.29) is 11.8 Å². The first-order chi connectivity index (χ1) is 14.9. The maximum atomic E-state index is 13.1. The molecule has 0 spiro atoms. The number of likely N-dealkylation sites (tertiary alicyclic amines) is 1. The van der Waals surface area contributed by atoms with Gasteiger partial charge >= 0.3 is 0 Å². The van der Waals surface area contributed by atoms with E-state index in [1.54, 1.807) is 13.3 Å². The average molecular weight is 417 g/mol. The average Bonchev–Trinajstić information content (AvgIpc) is 2.78. The van der Waals surface area contributed by atoms with E-state index < -0.39 is 0 Å². The molecule has 1 amide bonds. The lowest BCUT2D eigenvalue weighted by molar-refractivity contribution is 0.0704. The number of carbonyl (C=O) groups is 1. The molecule has 1 aromatic carbocycles. The number of carbonyl (C=O) groups excluding carboxylic acids is 1. The summed E-state index contributed by atoms with van der Waals surface area (Å²) in [5.74, 6) is 1.72. The fourth-order valence-corrected chi connectivity index (χ4v) is 4.24. The van der Waals surface area contributed by atoms with Gasteiger partial charge in [-0.15, -0.1) is 0 Å². The molecule has 0 aliphatic carbocycles. The standard InChI is InChI=1S/C25H28N4O2/c1-16-11-21(19-7-5-9-22(12-19)31-4)13-24(27-16)20-8-6-10-29(15-20)25(30)23-14-26-18(3)28-17(23)2/h5,7,9,11-14,20H,6,8,10,15H2,1-4H3/t20-/m1/s1. The van der Waals surface area contributed by atoms with Crippen LogP contribution in [0.25, 0.3) is 11.1 Å². The van der Waals surface area contributed by atoms with Crippen LogP contribution in [0.3, 0.4) is 0 Å². The summed E-state index contributed by atoms with van der Waals surface area (Å²) >= 11 is 0. The van der Waals surface area contributed by atoms with Gasteiger partial charge in [0.1, 0.15) is 11.6 Å². The molecule has 0 bridgehead atoms. The Hall–Kier alpha value is -3.28. The lowest BCUT2D eigenvalue weighted by atomic mass is 9.91. The Balaban J connectivity index is 1.59. The van der Waals surface area contributed by atoms with E-state index in [1.165, 1.54) is 0 Å². The Morgan fingerprint density at radius 1 is 1.10 bits per heavy atom. The fraction of sp³-hybridized carbons (Fsp3) is 0.360. The molecule has 0 N–H and O–H groups in total. The number of aromatic nitrogens is 3. The number of benzene rings is 1. The number of nitrogens with zero attached hydrogens (tertiary/aromatic N) is 4. The third-order valence-corrected chi connectivity index (χ3v) is 5.83. The van der Waals surface area contributed by atoms with Crippen LogP contribution in [0.1, 0.15) is 52.0 Å². The number of rotatable bonds is 4. The van der Waals surface area contributed by atoms with Crippen molar-refractivity contribution in [3.63, 3.8) is 0 Å². The monoisotopic (exact) mass is 416 g/mol. The van der Waals surface area contributed by atoms with Crippen molar-refractivity contribution in [2.75, 3.05) is 20.2 Å². The molecule has 0 saturated carbocycles. The van der Waals surface area contributed by atoms with E-state index in [4.69, 9.17) is 9.72 Å². The molecule has 2 aromatic heterocycles. The van der Waals surface area contributed by atoms with Crippen molar-refractivity contribution in [2.45, 2.75) is 39.5 Å². The number of pyridine rings is 1. The van der Waals surface area contributed by atoms with Gasteiger partial charge in [0.15, 0.2) is 0 Å². The maximum absolute atomic E-state index is 13.1. The van der Waals surface area contributed by atoms with Gasteiger partial charge in [0.2, 0.25) is 0 Å². The first kappa shape index (κ1) is 21.0. The first-order valence-corrected chi connectivity index (χ1v) is 10.7. The van der Waals surface area contributed by atoms with Crippen LogP contribution in [0.15, 0.2) is 42.6 Å². The lowest BCUT2D eigenvalue weighted by Crippen LogP contribution is -2.39. The molecule has 3 aromatic rings. The van der Waals surface area contributed by atoms with E-state index >= 15 is 0 Å². The molecule has 4 rings (SSSR count). The Morgan fingerprint density at radius 2 is 1.94 bits per heavy atom. The number of hydrogen-bond donors (Lipinski definition) is 0. The molecule has 1 aliphatic heterocycles. The van der Waals surface area contributed by atoms with Crippen molar-refractivity contribution in [3.05, 3.63) is 71.1 Å². The van der Waals surface area contributed by atoms with Gasteiger partial charge in [-0.25, -0.2) is 9.97 Å². The smallest absolute Gasteiger partial charge is 0.257 e. The molecule has 3 heterocycles. The number of ether oxygens (including phenoxy) is 1. The van der Waals surface area contributed by atoms with Crippen molar-refractivity contribution in [2.24, 2.45) is 0 Å². The minimum Gasteiger partial charge on any atom is -0.497 e. The zero-order chi connectivity index (χ0) is 22.0. The molecule has 31 heavy (non-hydrogen) atoms. The van der Waals surface area contributed by atoms with Crippen LogP contribution in [0.4, 0.5) is 0 Å². The van der Waals surface area contributed by atoms with Gasteiger partial charge < -0.3 is 9.64 Å². The van der Waals surface area contributed by atoms with E-state index in [2.05, 4.69) is 28.2 Å². The Morgan fingerprint density at radius 3 is 2.71 bits per heavy atom. The van der Waals surface area contributed by atoms with Gasteiger partial charge in [-0.1, -0.05) is 12.1 Å². The minimum atomic E-state index is 0.00266. The SMILES string of the molecule is COc1cccc(-c2cc(C)nc([C@@H]3CCCN(C(=O)c4cnc(C)nc4C)C3)c2)c1. The van der Waals surface area contributed by atoms with Crippen LogP contribution >= 0.6 is 0 Å². The third-order valence-electron chi connectivity index (χ3n) is 5.83. The predicted octanol–water partition coefficient (Wildman–Crippen LogP) is 4.49. The van der Waals surface area contributed by atoms with Gasteiger partial charge in [-0.2, -0.15) is 0 Å². The molecule has 1 aliphatic rings. The highest BCUT2D eigenvalue weighted by atomic mass is 16.5. The zero-order valence-electron chi connectivity index (χ0n) is 18.6. The summed E-state index contributed by atoms with van der Waals surface area (Å²) in [6.45, 7) is 7.12. The molecular weight excluding hydrogens is 388 g/mol. The number of amides is 1. The van der Waals surface area contributed by atoms with Crippen molar-refractivity contribution in [1.29, 1.82) is 0 Å². The quantitative estimate of drug-likeness (QED) is 0.627. The summed E-state index contributed by atoms with van der Waals surface area (Å²) in [5.41, 5.74) is 5.54. The van der Waals surface area contributed by atoms with Crippen LogP contribution in [-0.2, 0) is 0 Å². The predicted molar refractivity (Wildman–Crippen MR) is 120 cm³/mol. The van der Waals surface area contributed by atoms with E-state index in [0.717, 1.165) is 53.3 Å². The third kappa shape index (κ3) is 4.58. The fourth-order valence-electron chi connectivity index (χ4n) is 4.24. The van der Waals surface area contributed by atoms with E-state index in [0.29, 0.717) is 17.9 Å². The number of methoxy groups -OCH3 is 1. The van der Waals surface area contributed by atoms with Crippen molar-refractivity contribution in [3.8, 4) is 16.9 Å². The van der Waals surface area contributed by atoms with Crippen molar-refractivity contribution >= 4 is 5.91 Å². The van der Waals surface area contributed by atoms with E-state index in [9.17, 15) is 4.79 Å². The topological polar surface area (TPSA) is 68.2 Å². The molecule has 160 valence electrons. The summed E-state index contributed by atoms with van der Waals surface area (Å²) in [4.78, 5) is 28.5. The highest BCUT2D eigenvalue weighted by Crippen LogP contribution is 2.31. The zero-order valence-corrected chi connectivity index (χ0v) is 18.6. The van der Waals surface area contributed by atoms with Crippen LogP contribution in [0.2, 0.25) is 0 Å². The van der Waals surface area contributed by atoms with Gasteiger partial charge in [0.05, 0.1) is 18.4 Å². The summed E-state index contributed by atoms with van der Waals surface area (Å²) in [6, 6.07) is 12.3. The second kappa shape index (κ2) is 8.84. The molecule has 1 atom stereocenters. The van der Waals surface area contributed by atoms with Gasteiger partial charge in [-0.05, 0) is 69.0 Å². The Kier molecular flexibility index (Phi) is 5.98. The highest BCUT2D eigenvalue weighted by molar-refractivity contribution is 5.95. The number of hydrogen-bond acceptors (Lipinski definition) is 5. The van der Waals surface area contributed by atoms with Gasteiger partial charge in [0, 0.05) is 36.6 Å². The summed E-state index contributed by atoms with van der Waals surface area (Å²) in [6.07, 6.45) is 3.61. The highest BCUT2D eigenvalue weighted by Gasteiger charge is 2.28. The number of piperidine rings is 1. The normalized spacial score (nSPS) is 16.3. The van der Waals surface area contributed by atoms with E-state index in [1.807, 2.05) is 43.9 Å². The summed E-state index contributed by atoms with van der Waals surface area (Å²) in [7, 11) is 1.68.